The molecule has 2 rings (SSSR count). The van der Waals surface area contributed by atoms with Crippen molar-refractivity contribution in [1.82, 2.24) is 0 Å². The van der Waals surface area contributed by atoms with Gasteiger partial charge in [-0.2, -0.15) is 8.42 Å². The molecule has 5 atom stereocenters. The third-order valence-electron chi connectivity index (χ3n) is 4.90. The van der Waals surface area contributed by atoms with Crippen LogP contribution in [0.15, 0.2) is 29.2 Å². The fourth-order valence-electron chi connectivity index (χ4n) is 3.04. The lowest BCUT2D eigenvalue weighted by molar-refractivity contribution is -0.157. The molecule has 0 bridgehead atoms. The summed E-state index contributed by atoms with van der Waals surface area (Å²) in [6, 6.07) is 6.53. The minimum atomic E-state index is -3.81. The molecule has 1 aliphatic rings. The fraction of sp³-hybridized carbons (Fsp3) is 0.667. The number of hydrogen-bond acceptors (Lipinski definition) is 5. The SMILES string of the molecule is CC[C@H](C)[C@H]1O[C@@H](COS(=O)(=O)c2ccc(C)cc2)C[C@@H](O)[C@@H]1C. The quantitative estimate of drug-likeness (QED) is 0.794. The molecule has 0 aromatic heterocycles. The molecule has 0 saturated carbocycles. The summed E-state index contributed by atoms with van der Waals surface area (Å²) in [6.07, 6.45) is 0.312. The summed E-state index contributed by atoms with van der Waals surface area (Å²) < 4.78 is 35.7. The van der Waals surface area contributed by atoms with Crippen molar-refractivity contribution < 1.29 is 22.4 Å². The van der Waals surface area contributed by atoms with Gasteiger partial charge < -0.3 is 9.84 Å². The maximum absolute atomic E-state index is 12.3. The highest BCUT2D eigenvalue weighted by Gasteiger charge is 2.38. The zero-order valence-electron chi connectivity index (χ0n) is 14.8. The maximum atomic E-state index is 12.3. The molecule has 5 nitrogen and oxygen atoms in total. The van der Waals surface area contributed by atoms with Crippen molar-refractivity contribution in [2.24, 2.45) is 11.8 Å². The Kier molecular flexibility index (Phi) is 6.42. The number of rotatable bonds is 6. The van der Waals surface area contributed by atoms with Gasteiger partial charge >= 0.3 is 0 Å². The number of hydrogen-bond donors (Lipinski definition) is 1. The van der Waals surface area contributed by atoms with Gasteiger partial charge in [0.25, 0.3) is 10.1 Å². The summed E-state index contributed by atoms with van der Waals surface area (Å²) >= 11 is 0. The first kappa shape index (κ1) is 19.4. The molecule has 0 amide bonds. The van der Waals surface area contributed by atoms with Crippen molar-refractivity contribution in [3.8, 4) is 0 Å². The molecule has 0 radical (unpaired) electrons. The number of aliphatic hydroxyl groups is 1. The first-order valence-corrected chi connectivity index (χ1v) is 9.95. The molecule has 1 aromatic rings. The lowest BCUT2D eigenvalue weighted by Gasteiger charge is -2.40. The van der Waals surface area contributed by atoms with Gasteiger partial charge in [0.2, 0.25) is 0 Å². The van der Waals surface area contributed by atoms with Crippen LogP contribution in [0.5, 0.6) is 0 Å². The van der Waals surface area contributed by atoms with Gasteiger partial charge in [0.15, 0.2) is 0 Å². The Hall–Kier alpha value is -0.950. The monoisotopic (exact) mass is 356 g/mol. The van der Waals surface area contributed by atoms with Crippen LogP contribution in [0.4, 0.5) is 0 Å². The van der Waals surface area contributed by atoms with Crippen molar-refractivity contribution in [2.75, 3.05) is 6.61 Å². The average molecular weight is 356 g/mol. The summed E-state index contributed by atoms with van der Waals surface area (Å²) in [5, 5.41) is 10.3. The van der Waals surface area contributed by atoms with Crippen LogP contribution in [0.3, 0.4) is 0 Å². The summed E-state index contributed by atoms with van der Waals surface area (Å²) in [5.74, 6) is 0.330. The summed E-state index contributed by atoms with van der Waals surface area (Å²) in [6.45, 7) is 7.95. The van der Waals surface area contributed by atoms with Crippen molar-refractivity contribution in [3.05, 3.63) is 29.8 Å². The highest BCUT2D eigenvalue weighted by molar-refractivity contribution is 7.86. The second kappa shape index (κ2) is 7.95. The number of benzene rings is 1. The van der Waals surface area contributed by atoms with E-state index < -0.39 is 22.3 Å². The van der Waals surface area contributed by atoms with Crippen LogP contribution in [-0.4, -0.2) is 38.4 Å². The Morgan fingerprint density at radius 2 is 1.96 bits per heavy atom. The molecule has 0 spiro atoms. The van der Waals surface area contributed by atoms with Crippen LogP contribution in [0, 0.1) is 18.8 Å². The summed E-state index contributed by atoms with van der Waals surface area (Å²) in [5.41, 5.74) is 0.984. The molecule has 1 fully saturated rings. The fourth-order valence-corrected chi connectivity index (χ4v) is 3.97. The third-order valence-corrected chi connectivity index (χ3v) is 6.20. The van der Waals surface area contributed by atoms with Crippen molar-refractivity contribution >= 4 is 10.1 Å². The molecule has 1 N–H and O–H groups in total. The molecule has 1 saturated heterocycles. The molecular formula is C18H28O5S. The van der Waals surface area contributed by atoms with Crippen LogP contribution < -0.4 is 0 Å². The van der Waals surface area contributed by atoms with Gasteiger partial charge in [-0.25, -0.2) is 0 Å². The van der Waals surface area contributed by atoms with E-state index in [-0.39, 0.29) is 23.5 Å². The normalized spacial score (nSPS) is 29.4. The highest BCUT2D eigenvalue weighted by Crippen LogP contribution is 2.31. The van der Waals surface area contributed by atoms with E-state index in [1.165, 1.54) is 12.1 Å². The van der Waals surface area contributed by atoms with E-state index in [2.05, 4.69) is 13.8 Å². The molecule has 24 heavy (non-hydrogen) atoms. The van der Waals surface area contributed by atoms with Gasteiger partial charge in [0.1, 0.15) is 0 Å². The topological polar surface area (TPSA) is 72.8 Å². The average Bonchev–Trinajstić information content (AvgIpc) is 2.55. The number of aryl methyl sites for hydroxylation is 1. The van der Waals surface area contributed by atoms with Crippen LogP contribution in [0.2, 0.25) is 0 Å². The second-order valence-corrected chi connectivity index (χ2v) is 8.44. The number of aliphatic hydroxyl groups excluding tert-OH is 1. The van der Waals surface area contributed by atoms with Crippen LogP contribution in [0.1, 0.15) is 39.2 Å². The van der Waals surface area contributed by atoms with Gasteiger partial charge in [-0.15, -0.1) is 0 Å². The van der Waals surface area contributed by atoms with E-state index in [0.717, 1.165) is 12.0 Å². The van der Waals surface area contributed by atoms with Gasteiger partial charge in [0, 0.05) is 12.3 Å². The Balaban J connectivity index is 2.01. The highest BCUT2D eigenvalue weighted by atomic mass is 32.2. The van der Waals surface area contributed by atoms with E-state index in [9.17, 15) is 13.5 Å². The maximum Gasteiger partial charge on any atom is 0.297 e. The first-order chi connectivity index (χ1) is 11.2. The Labute approximate surface area is 145 Å². The lowest BCUT2D eigenvalue weighted by atomic mass is 9.83. The minimum absolute atomic E-state index is 0.0323. The largest absolute Gasteiger partial charge is 0.393 e. The zero-order chi connectivity index (χ0) is 17.9. The van der Waals surface area contributed by atoms with Gasteiger partial charge in [-0.3, -0.25) is 4.18 Å². The van der Waals surface area contributed by atoms with Crippen molar-refractivity contribution in [2.45, 2.75) is 63.7 Å². The molecule has 136 valence electrons. The van der Waals surface area contributed by atoms with E-state index >= 15 is 0 Å². The van der Waals surface area contributed by atoms with Crippen LogP contribution in [0.25, 0.3) is 0 Å². The van der Waals surface area contributed by atoms with Crippen molar-refractivity contribution in [3.63, 3.8) is 0 Å². The predicted molar refractivity (Wildman–Crippen MR) is 92.2 cm³/mol. The Morgan fingerprint density at radius 1 is 1.33 bits per heavy atom. The summed E-state index contributed by atoms with van der Waals surface area (Å²) in [4.78, 5) is 0.135. The molecule has 1 aliphatic heterocycles. The molecule has 1 heterocycles. The second-order valence-electron chi connectivity index (χ2n) is 6.82. The third kappa shape index (κ3) is 4.57. The zero-order valence-corrected chi connectivity index (χ0v) is 15.6. The lowest BCUT2D eigenvalue weighted by Crippen LogP contribution is -2.47. The Morgan fingerprint density at radius 3 is 2.54 bits per heavy atom. The van der Waals surface area contributed by atoms with Crippen LogP contribution in [-0.2, 0) is 19.0 Å². The summed E-state index contributed by atoms with van der Waals surface area (Å²) in [7, 11) is -3.81. The van der Waals surface area contributed by atoms with Gasteiger partial charge in [0.05, 0.1) is 29.8 Å². The molecule has 0 aliphatic carbocycles. The first-order valence-electron chi connectivity index (χ1n) is 8.54. The van der Waals surface area contributed by atoms with Crippen LogP contribution >= 0.6 is 0 Å². The Bertz CT molecular complexity index is 625. The standard InChI is InChI=1S/C18H28O5S/c1-5-13(3)18-14(4)17(19)10-15(23-18)11-22-24(20,21)16-8-6-12(2)7-9-16/h6-9,13-15,17-19H,5,10-11H2,1-4H3/t13-,14-,15+,17+,18+/m0/s1. The van der Waals surface area contributed by atoms with E-state index in [1.54, 1.807) is 12.1 Å². The van der Waals surface area contributed by atoms with Crippen molar-refractivity contribution in [1.29, 1.82) is 0 Å². The molecule has 6 heteroatoms. The number of ether oxygens (including phenoxy) is 1. The minimum Gasteiger partial charge on any atom is -0.393 e. The molecule has 0 unspecified atom stereocenters. The smallest absolute Gasteiger partial charge is 0.297 e. The van der Waals surface area contributed by atoms with E-state index in [0.29, 0.717) is 12.3 Å². The molecular weight excluding hydrogens is 328 g/mol. The van der Waals surface area contributed by atoms with E-state index in [1.807, 2.05) is 13.8 Å². The predicted octanol–water partition coefficient (Wildman–Crippen LogP) is 2.90. The van der Waals surface area contributed by atoms with Gasteiger partial charge in [-0.1, -0.05) is 44.9 Å². The molecule has 1 aromatic carbocycles. The van der Waals surface area contributed by atoms with E-state index in [4.69, 9.17) is 8.92 Å². The van der Waals surface area contributed by atoms with Gasteiger partial charge in [-0.05, 0) is 25.0 Å².